The van der Waals surface area contributed by atoms with Gasteiger partial charge in [-0.25, -0.2) is 8.42 Å². The summed E-state index contributed by atoms with van der Waals surface area (Å²) in [5.41, 5.74) is 0.987. The average Bonchev–Trinajstić information content (AvgIpc) is 3.31. The number of amides is 1. The van der Waals surface area contributed by atoms with E-state index in [1.807, 2.05) is 6.26 Å². The van der Waals surface area contributed by atoms with Crippen molar-refractivity contribution in [2.75, 3.05) is 11.0 Å². The molecular weight excluding hydrogens is 392 g/mol. The molecule has 2 bridgehead atoms. The number of hydrogen-bond donors (Lipinski definition) is 2. The van der Waals surface area contributed by atoms with Gasteiger partial charge in [0.25, 0.3) is 15.9 Å². The van der Waals surface area contributed by atoms with E-state index in [4.69, 9.17) is 0 Å². The van der Waals surface area contributed by atoms with Crippen LogP contribution in [0.15, 0.2) is 58.3 Å². The normalized spacial score (nSPS) is 23.5. The van der Waals surface area contributed by atoms with Crippen LogP contribution >= 0.6 is 11.8 Å². The molecule has 2 aromatic rings. The van der Waals surface area contributed by atoms with Crippen LogP contribution in [-0.4, -0.2) is 26.6 Å². The molecule has 2 saturated carbocycles. The number of carbonyl (C=O) groups excluding carboxylic acids is 1. The van der Waals surface area contributed by atoms with Gasteiger partial charge in [-0.1, -0.05) is 6.42 Å². The SMILES string of the molecule is CSc1ccc(S(=O)(=O)Nc2ccc(C(=O)N[C@@H]3C[C@@H]4CC[C@@H]3C4)cc2)cc1. The van der Waals surface area contributed by atoms with Gasteiger partial charge in [-0.2, -0.15) is 0 Å². The molecule has 3 atom stereocenters. The predicted octanol–water partition coefficient (Wildman–Crippen LogP) is 4.13. The van der Waals surface area contributed by atoms with Crippen molar-refractivity contribution < 1.29 is 13.2 Å². The maximum Gasteiger partial charge on any atom is 0.261 e. The van der Waals surface area contributed by atoms with Gasteiger partial charge < -0.3 is 5.32 Å². The van der Waals surface area contributed by atoms with Crippen LogP contribution in [0.1, 0.15) is 36.0 Å². The topological polar surface area (TPSA) is 75.3 Å². The molecule has 148 valence electrons. The van der Waals surface area contributed by atoms with E-state index in [-0.39, 0.29) is 16.8 Å². The number of hydrogen-bond acceptors (Lipinski definition) is 4. The van der Waals surface area contributed by atoms with Gasteiger partial charge in [0.05, 0.1) is 4.90 Å². The molecule has 4 rings (SSSR count). The smallest absolute Gasteiger partial charge is 0.261 e. The number of fused-ring (bicyclic) bond motifs is 2. The van der Waals surface area contributed by atoms with Gasteiger partial charge in [0.2, 0.25) is 0 Å². The number of carbonyl (C=O) groups is 1. The second-order valence-corrected chi connectivity index (χ2v) is 10.2. The second-order valence-electron chi connectivity index (χ2n) is 7.61. The Kier molecular flexibility index (Phi) is 5.38. The summed E-state index contributed by atoms with van der Waals surface area (Å²) < 4.78 is 27.6. The van der Waals surface area contributed by atoms with Gasteiger partial charge >= 0.3 is 0 Å². The highest BCUT2D eigenvalue weighted by molar-refractivity contribution is 7.98. The molecule has 0 aromatic heterocycles. The average molecular weight is 417 g/mol. The first-order chi connectivity index (χ1) is 13.4. The fraction of sp³-hybridized carbons (Fsp3) is 0.381. The molecule has 7 heteroatoms. The van der Waals surface area contributed by atoms with Crippen molar-refractivity contribution in [3.8, 4) is 0 Å². The number of benzene rings is 2. The van der Waals surface area contributed by atoms with Gasteiger partial charge in [0, 0.05) is 22.2 Å². The number of anilines is 1. The van der Waals surface area contributed by atoms with Crippen molar-refractivity contribution in [3.05, 3.63) is 54.1 Å². The van der Waals surface area contributed by atoms with E-state index in [9.17, 15) is 13.2 Å². The Labute approximate surface area is 170 Å². The van der Waals surface area contributed by atoms with Crippen LogP contribution in [-0.2, 0) is 10.0 Å². The minimum atomic E-state index is -3.66. The minimum Gasteiger partial charge on any atom is -0.349 e. The highest BCUT2D eigenvalue weighted by Gasteiger charge is 2.40. The van der Waals surface area contributed by atoms with Crippen molar-refractivity contribution >= 4 is 33.4 Å². The Morgan fingerprint density at radius 2 is 1.71 bits per heavy atom. The van der Waals surface area contributed by atoms with Crippen LogP contribution in [0.2, 0.25) is 0 Å². The van der Waals surface area contributed by atoms with E-state index in [2.05, 4.69) is 10.0 Å². The summed E-state index contributed by atoms with van der Waals surface area (Å²) in [6.45, 7) is 0. The van der Waals surface area contributed by atoms with Gasteiger partial charge in [0.1, 0.15) is 0 Å². The van der Waals surface area contributed by atoms with Gasteiger partial charge in [-0.3, -0.25) is 9.52 Å². The fourth-order valence-corrected chi connectivity index (χ4v) is 5.80. The zero-order chi connectivity index (χ0) is 19.7. The maximum atomic E-state index is 12.5. The monoisotopic (exact) mass is 416 g/mol. The Hall–Kier alpha value is -1.99. The molecular formula is C21H24N2O3S2. The summed E-state index contributed by atoms with van der Waals surface area (Å²) in [7, 11) is -3.66. The number of nitrogens with one attached hydrogen (secondary N) is 2. The number of rotatable bonds is 6. The van der Waals surface area contributed by atoms with Gasteiger partial charge in [-0.05, 0) is 85.9 Å². The summed E-state index contributed by atoms with van der Waals surface area (Å²) in [5, 5.41) is 3.15. The van der Waals surface area contributed by atoms with Crippen molar-refractivity contribution in [1.82, 2.24) is 5.32 Å². The highest BCUT2D eigenvalue weighted by atomic mass is 32.2. The summed E-state index contributed by atoms with van der Waals surface area (Å²) in [6, 6.07) is 13.6. The first-order valence-electron chi connectivity index (χ1n) is 9.52. The molecule has 2 aliphatic carbocycles. The van der Waals surface area contributed by atoms with Crippen LogP contribution in [0, 0.1) is 11.8 Å². The van der Waals surface area contributed by atoms with Crippen molar-refractivity contribution in [3.63, 3.8) is 0 Å². The molecule has 2 aliphatic rings. The number of sulfonamides is 1. The molecule has 0 unspecified atom stereocenters. The minimum absolute atomic E-state index is 0.0837. The predicted molar refractivity (Wildman–Crippen MR) is 112 cm³/mol. The quantitative estimate of drug-likeness (QED) is 0.695. The molecule has 0 aliphatic heterocycles. The van der Waals surface area contributed by atoms with Crippen LogP contribution in [0.5, 0.6) is 0 Å². The van der Waals surface area contributed by atoms with Gasteiger partial charge in [-0.15, -0.1) is 11.8 Å². The van der Waals surface area contributed by atoms with Gasteiger partial charge in [0.15, 0.2) is 0 Å². The highest BCUT2D eigenvalue weighted by Crippen LogP contribution is 2.44. The first kappa shape index (κ1) is 19.3. The lowest BCUT2D eigenvalue weighted by Gasteiger charge is -2.22. The van der Waals surface area contributed by atoms with E-state index >= 15 is 0 Å². The zero-order valence-electron chi connectivity index (χ0n) is 15.7. The lowest BCUT2D eigenvalue weighted by atomic mass is 9.95. The number of thioether (sulfide) groups is 1. The van der Waals surface area contributed by atoms with Crippen molar-refractivity contribution in [2.24, 2.45) is 11.8 Å². The molecule has 0 saturated heterocycles. The Balaban J connectivity index is 1.40. The van der Waals surface area contributed by atoms with E-state index in [0.717, 1.165) is 17.2 Å². The third-order valence-electron chi connectivity index (χ3n) is 5.82. The molecule has 2 N–H and O–H groups in total. The Bertz CT molecular complexity index is 956. The molecule has 28 heavy (non-hydrogen) atoms. The molecule has 1 amide bonds. The fourth-order valence-electron chi connectivity index (χ4n) is 4.33. The van der Waals surface area contributed by atoms with E-state index < -0.39 is 10.0 Å². The van der Waals surface area contributed by atoms with Crippen LogP contribution in [0.4, 0.5) is 5.69 Å². The molecule has 0 radical (unpaired) electrons. The largest absolute Gasteiger partial charge is 0.349 e. The van der Waals surface area contributed by atoms with Crippen LogP contribution in [0.3, 0.4) is 0 Å². The zero-order valence-corrected chi connectivity index (χ0v) is 17.4. The molecule has 5 nitrogen and oxygen atoms in total. The summed E-state index contributed by atoms with van der Waals surface area (Å²) >= 11 is 1.56. The lowest BCUT2D eigenvalue weighted by molar-refractivity contribution is 0.0923. The summed E-state index contributed by atoms with van der Waals surface area (Å²) in [5.74, 6) is 1.31. The summed E-state index contributed by atoms with van der Waals surface area (Å²) in [6.07, 6.45) is 6.78. The van der Waals surface area contributed by atoms with Crippen molar-refractivity contribution in [2.45, 2.75) is 41.5 Å². The summed E-state index contributed by atoms with van der Waals surface area (Å²) in [4.78, 5) is 13.7. The first-order valence-corrected chi connectivity index (χ1v) is 12.2. The standard InChI is InChI=1S/C21H24N2O3S2/c1-27-18-8-10-19(11-9-18)28(25,26)23-17-6-4-15(5-7-17)21(24)22-20-13-14-2-3-16(20)12-14/h4-11,14,16,20,23H,2-3,12-13H2,1H3,(H,22,24)/t14-,16-,20-/m1/s1. The molecule has 0 spiro atoms. The van der Waals surface area contributed by atoms with Crippen molar-refractivity contribution in [1.29, 1.82) is 0 Å². The van der Waals surface area contributed by atoms with E-state index in [1.54, 1.807) is 60.3 Å². The lowest BCUT2D eigenvalue weighted by Crippen LogP contribution is -2.38. The second kappa shape index (κ2) is 7.79. The Morgan fingerprint density at radius 3 is 2.29 bits per heavy atom. The van der Waals surface area contributed by atoms with E-state index in [1.165, 1.54) is 19.3 Å². The molecule has 0 heterocycles. The molecule has 2 fully saturated rings. The third kappa shape index (κ3) is 4.05. The van der Waals surface area contributed by atoms with Crippen LogP contribution < -0.4 is 10.0 Å². The molecule has 2 aromatic carbocycles. The Morgan fingerprint density at radius 1 is 1.00 bits per heavy atom. The van der Waals surface area contributed by atoms with E-state index in [0.29, 0.717) is 17.2 Å². The third-order valence-corrected chi connectivity index (χ3v) is 7.96. The van der Waals surface area contributed by atoms with Crippen LogP contribution in [0.25, 0.3) is 0 Å². The maximum absolute atomic E-state index is 12.5.